The van der Waals surface area contributed by atoms with Crippen molar-refractivity contribution in [2.45, 2.75) is 0 Å². The number of H-pyrrole nitrogens is 1. The van der Waals surface area contributed by atoms with E-state index >= 15 is 0 Å². The van der Waals surface area contributed by atoms with Gasteiger partial charge in [0.1, 0.15) is 17.3 Å². The fraction of sp³-hybridized carbons (Fsp3) is 0.0667. The maximum absolute atomic E-state index is 11.2. The van der Waals surface area contributed by atoms with E-state index in [0.29, 0.717) is 28.2 Å². The van der Waals surface area contributed by atoms with E-state index in [0.717, 1.165) is 5.52 Å². The van der Waals surface area contributed by atoms with Gasteiger partial charge in [-0.25, -0.2) is 4.98 Å². The number of phenolic OH excluding ortho intramolecular Hbond substituents is 1. The van der Waals surface area contributed by atoms with Crippen molar-refractivity contribution in [3.63, 3.8) is 0 Å². The van der Waals surface area contributed by atoms with Crippen LogP contribution in [0.4, 0.5) is 0 Å². The first-order valence-electron chi connectivity index (χ1n) is 6.25. The van der Waals surface area contributed by atoms with Crippen molar-refractivity contribution in [2.75, 3.05) is 7.11 Å². The zero-order chi connectivity index (χ0) is 15.0. The largest absolute Gasteiger partial charge is 0.507 e. The molecule has 0 radical (unpaired) electrons. The highest BCUT2D eigenvalue weighted by Gasteiger charge is 2.12. The Labute approximate surface area is 120 Å². The van der Waals surface area contributed by atoms with Crippen LogP contribution in [-0.4, -0.2) is 28.1 Å². The van der Waals surface area contributed by atoms with E-state index in [2.05, 4.69) is 9.97 Å². The molecular formula is C15H13N3O3. The summed E-state index contributed by atoms with van der Waals surface area (Å²) in [6.45, 7) is 0. The second kappa shape index (κ2) is 4.82. The second-order valence-corrected chi connectivity index (χ2v) is 4.56. The number of hydrogen-bond donors (Lipinski definition) is 3. The van der Waals surface area contributed by atoms with Gasteiger partial charge in [-0.15, -0.1) is 0 Å². The van der Waals surface area contributed by atoms with Crippen molar-refractivity contribution in [3.05, 3.63) is 42.0 Å². The standard InChI is InChI=1S/C15H13N3O3/c1-21-9-3-5-13(19)10(7-9)15-17-11-4-2-8(14(16)20)6-12(11)18-15/h2-7,19H,1H3,(H2,16,20)(H,17,18). The molecule has 106 valence electrons. The number of benzene rings is 2. The zero-order valence-corrected chi connectivity index (χ0v) is 11.3. The number of aromatic amines is 1. The number of primary amides is 1. The van der Waals surface area contributed by atoms with Gasteiger partial charge in [-0.2, -0.15) is 0 Å². The summed E-state index contributed by atoms with van der Waals surface area (Å²) >= 11 is 0. The molecule has 0 bridgehead atoms. The number of imidazole rings is 1. The lowest BCUT2D eigenvalue weighted by molar-refractivity contribution is 0.100. The molecule has 1 heterocycles. The van der Waals surface area contributed by atoms with E-state index in [4.69, 9.17) is 10.5 Å². The molecule has 0 atom stereocenters. The predicted octanol–water partition coefficient (Wildman–Crippen LogP) is 2.04. The summed E-state index contributed by atoms with van der Waals surface area (Å²) in [5.41, 5.74) is 7.50. The lowest BCUT2D eigenvalue weighted by atomic mass is 10.2. The molecule has 0 saturated carbocycles. The number of carbonyl (C=O) groups excluding carboxylic acids is 1. The Morgan fingerprint density at radius 1 is 1.29 bits per heavy atom. The normalized spacial score (nSPS) is 10.7. The summed E-state index contributed by atoms with van der Waals surface area (Å²) in [7, 11) is 1.55. The fourth-order valence-corrected chi connectivity index (χ4v) is 2.12. The van der Waals surface area contributed by atoms with Crippen LogP contribution in [0.2, 0.25) is 0 Å². The number of ether oxygens (including phenoxy) is 1. The molecule has 0 unspecified atom stereocenters. The molecule has 0 saturated heterocycles. The Morgan fingerprint density at radius 3 is 2.81 bits per heavy atom. The first-order valence-corrected chi connectivity index (χ1v) is 6.25. The number of nitrogens with zero attached hydrogens (tertiary/aromatic N) is 1. The van der Waals surface area contributed by atoms with Gasteiger partial charge in [-0.05, 0) is 36.4 Å². The number of aromatic hydroxyl groups is 1. The summed E-state index contributed by atoms with van der Waals surface area (Å²) in [6, 6.07) is 9.83. The number of phenols is 1. The van der Waals surface area contributed by atoms with Crippen LogP contribution in [0.1, 0.15) is 10.4 Å². The van der Waals surface area contributed by atoms with Crippen LogP contribution in [-0.2, 0) is 0 Å². The molecule has 1 aromatic heterocycles. The molecule has 0 fully saturated rings. The van der Waals surface area contributed by atoms with E-state index < -0.39 is 5.91 Å². The van der Waals surface area contributed by atoms with Crippen molar-refractivity contribution in [1.82, 2.24) is 9.97 Å². The Balaban J connectivity index is 2.15. The molecule has 4 N–H and O–H groups in total. The summed E-state index contributed by atoms with van der Waals surface area (Å²) in [6.07, 6.45) is 0. The van der Waals surface area contributed by atoms with Gasteiger partial charge in [0.05, 0.1) is 23.7 Å². The van der Waals surface area contributed by atoms with Gasteiger partial charge in [0, 0.05) is 5.56 Å². The lowest BCUT2D eigenvalue weighted by Gasteiger charge is -2.04. The van der Waals surface area contributed by atoms with Gasteiger partial charge in [-0.3, -0.25) is 4.79 Å². The van der Waals surface area contributed by atoms with Crippen LogP contribution in [0, 0.1) is 0 Å². The molecule has 0 aliphatic heterocycles. The fourth-order valence-electron chi connectivity index (χ4n) is 2.12. The van der Waals surface area contributed by atoms with E-state index in [1.165, 1.54) is 6.07 Å². The van der Waals surface area contributed by atoms with Crippen LogP contribution in [0.5, 0.6) is 11.5 Å². The first kappa shape index (κ1) is 13.0. The monoisotopic (exact) mass is 283 g/mol. The van der Waals surface area contributed by atoms with Crippen molar-refractivity contribution < 1.29 is 14.6 Å². The molecule has 0 aliphatic rings. The average molecular weight is 283 g/mol. The number of aromatic nitrogens is 2. The smallest absolute Gasteiger partial charge is 0.248 e. The molecule has 1 amide bonds. The van der Waals surface area contributed by atoms with Crippen LogP contribution >= 0.6 is 0 Å². The van der Waals surface area contributed by atoms with Crippen molar-refractivity contribution in [3.8, 4) is 22.9 Å². The summed E-state index contributed by atoms with van der Waals surface area (Å²) in [5.74, 6) is 0.680. The number of hydrogen-bond acceptors (Lipinski definition) is 4. The van der Waals surface area contributed by atoms with Crippen LogP contribution < -0.4 is 10.5 Å². The molecule has 3 aromatic rings. The first-order chi connectivity index (χ1) is 10.1. The van der Waals surface area contributed by atoms with Gasteiger partial charge in [-0.1, -0.05) is 0 Å². The van der Waals surface area contributed by atoms with Crippen LogP contribution in [0.3, 0.4) is 0 Å². The minimum atomic E-state index is -0.509. The van der Waals surface area contributed by atoms with E-state index in [-0.39, 0.29) is 5.75 Å². The number of nitrogens with one attached hydrogen (secondary N) is 1. The minimum Gasteiger partial charge on any atom is -0.507 e. The van der Waals surface area contributed by atoms with Crippen molar-refractivity contribution in [1.29, 1.82) is 0 Å². The topological polar surface area (TPSA) is 101 Å². The maximum Gasteiger partial charge on any atom is 0.248 e. The lowest BCUT2D eigenvalue weighted by Crippen LogP contribution is -2.10. The third-order valence-corrected chi connectivity index (χ3v) is 3.23. The molecule has 6 nitrogen and oxygen atoms in total. The molecule has 6 heteroatoms. The number of rotatable bonds is 3. The zero-order valence-electron chi connectivity index (χ0n) is 11.3. The number of methoxy groups -OCH3 is 1. The maximum atomic E-state index is 11.2. The SMILES string of the molecule is COc1ccc(O)c(-c2nc3cc(C(N)=O)ccc3[nH]2)c1. The number of carbonyl (C=O) groups is 1. The third kappa shape index (κ3) is 2.27. The molecule has 0 aliphatic carbocycles. The third-order valence-electron chi connectivity index (χ3n) is 3.23. The molecular weight excluding hydrogens is 270 g/mol. The van der Waals surface area contributed by atoms with Gasteiger partial charge < -0.3 is 20.6 Å². The van der Waals surface area contributed by atoms with E-state index in [1.807, 2.05) is 0 Å². The van der Waals surface area contributed by atoms with Gasteiger partial charge >= 0.3 is 0 Å². The predicted molar refractivity (Wildman–Crippen MR) is 78.3 cm³/mol. The molecule has 2 aromatic carbocycles. The van der Waals surface area contributed by atoms with Crippen molar-refractivity contribution >= 4 is 16.9 Å². The van der Waals surface area contributed by atoms with Gasteiger partial charge in [0.15, 0.2) is 0 Å². The van der Waals surface area contributed by atoms with E-state index in [1.54, 1.807) is 37.4 Å². The minimum absolute atomic E-state index is 0.0879. The van der Waals surface area contributed by atoms with Gasteiger partial charge in [0.25, 0.3) is 0 Å². The summed E-state index contributed by atoms with van der Waals surface area (Å²) in [5, 5.41) is 9.96. The van der Waals surface area contributed by atoms with Crippen LogP contribution in [0.15, 0.2) is 36.4 Å². The number of fused-ring (bicyclic) bond motifs is 1. The summed E-state index contributed by atoms with van der Waals surface area (Å²) < 4.78 is 5.14. The Bertz CT molecular complexity index is 839. The van der Waals surface area contributed by atoms with Gasteiger partial charge in [0.2, 0.25) is 5.91 Å². The Morgan fingerprint density at radius 2 is 2.10 bits per heavy atom. The quantitative estimate of drug-likeness (QED) is 0.684. The highest BCUT2D eigenvalue weighted by atomic mass is 16.5. The molecule has 0 spiro atoms. The number of amides is 1. The number of nitrogens with two attached hydrogens (primary N) is 1. The highest BCUT2D eigenvalue weighted by Crippen LogP contribution is 2.32. The molecule has 21 heavy (non-hydrogen) atoms. The second-order valence-electron chi connectivity index (χ2n) is 4.56. The Kier molecular flexibility index (Phi) is 2.98. The van der Waals surface area contributed by atoms with Crippen LogP contribution in [0.25, 0.3) is 22.4 Å². The average Bonchev–Trinajstić information content (AvgIpc) is 2.90. The molecule has 3 rings (SSSR count). The summed E-state index contributed by atoms with van der Waals surface area (Å²) in [4.78, 5) is 18.7. The Hall–Kier alpha value is -3.02. The van der Waals surface area contributed by atoms with E-state index in [9.17, 15) is 9.90 Å². The highest BCUT2D eigenvalue weighted by molar-refractivity contribution is 5.96. The van der Waals surface area contributed by atoms with Crippen molar-refractivity contribution in [2.24, 2.45) is 5.73 Å².